The van der Waals surface area contributed by atoms with E-state index in [4.69, 9.17) is 0 Å². The van der Waals surface area contributed by atoms with Crippen LogP contribution >= 0.6 is 0 Å². The molecular formula is C19H28N2O3S. The molecule has 0 atom stereocenters. The summed E-state index contributed by atoms with van der Waals surface area (Å²) in [6, 6.07) is 9.36. The van der Waals surface area contributed by atoms with Crippen molar-refractivity contribution >= 4 is 22.0 Å². The van der Waals surface area contributed by atoms with Gasteiger partial charge in [0.05, 0.1) is 0 Å². The smallest absolute Gasteiger partial charge is 0.236 e. The predicted octanol–water partition coefficient (Wildman–Crippen LogP) is 3.01. The number of sulfonamides is 1. The highest BCUT2D eigenvalue weighted by molar-refractivity contribution is 7.92. The molecular weight excluding hydrogens is 336 g/mol. The zero-order chi connectivity index (χ0) is 18.1. The van der Waals surface area contributed by atoms with E-state index in [0.717, 1.165) is 24.8 Å². The zero-order valence-corrected chi connectivity index (χ0v) is 15.7. The van der Waals surface area contributed by atoms with Gasteiger partial charge in [-0.1, -0.05) is 50.1 Å². The van der Waals surface area contributed by atoms with E-state index in [2.05, 4.69) is 12.2 Å². The van der Waals surface area contributed by atoms with Gasteiger partial charge in [0, 0.05) is 31.0 Å². The van der Waals surface area contributed by atoms with Gasteiger partial charge in [0.1, 0.15) is 0 Å². The molecule has 0 radical (unpaired) electrons. The zero-order valence-electron chi connectivity index (χ0n) is 14.9. The van der Waals surface area contributed by atoms with Gasteiger partial charge in [-0.3, -0.25) is 4.79 Å². The van der Waals surface area contributed by atoms with Crippen molar-refractivity contribution < 1.29 is 13.2 Å². The van der Waals surface area contributed by atoms with Crippen LogP contribution in [0.3, 0.4) is 0 Å². The van der Waals surface area contributed by atoms with E-state index in [0.29, 0.717) is 32.5 Å². The third-order valence-electron chi connectivity index (χ3n) is 4.50. The van der Waals surface area contributed by atoms with Crippen LogP contribution in [0.1, 0.15) is 44.6 Å². The van der Waals surface area contributed by atoms with Crippen LogP contribution in [0.2, 0.25) is 0 Å². The lowest BCUT2D eigenvalue weighted by molar-refractivity contribution is -0.126. The fraction of sp³-hybridized carbons (Fsp3) is 0.526. The number of carbonyl (C=O) groups excluding carboxylic acids is 1. The Morgan fingerprint density at radius 1 is 1.20 bits per heavy atom. The Bertz CT molecular complexity index is 663. The number of carbonyl (C=O) groups is 1. The fourth-order valence-electron chi connectivity index (χ4n) is 2.92. The van der Waals surface area contributed by atoms with Crippen molar-refractivity contribution in [3.63, 3.8) is 0 Å². The van der Waals surface area contributed by atoms with E-state index in [1.54, 1.807) is 6.08 Å². The molecule has 0 saturated carbocycles. The first-order valence-electron chi connectivity index (χ1n) is 9.04. The highest BCUT2D eigenvalue weighted by Gasteiger charge is 2.29. The Kier molecular flexibility index (Phi) is 7.65. The number of hydrogen-bond acceptors (Lipinski definition) is 3. The lowest BCUT2D eigenvalue weighted by Crippen LogP contribution is -2.42. The van der Waals surface area contributed by atoms with Crippen LogP contribution in [-0.2, 0) is 14.8 Å². The summed E-state index contributed by atoms with van der Waals surface area (Å²) in [5.41, 5.74) is 0.854. The summed E-state index contributed by atoms with van der Waals surface area (Å²) in [4.78, 5) is 12.1. The number of nitrogens with one attached hydrogen (secondary N) is 1. The molecule has 1 aromatic rings. The Morgan fingerprint density at radius 3 is 2.52 bits per heavy atom. The third kappa shape index (κ3) is 6.29. The van der Waals surface area contributed by atoms with Gasteiger partial charge in [-0.2, -0.15) is 4.31 Å². The second-order valence-electron chi connectivity index (χ2n) is 6.43. The van der Waals surface area contributed by atoms with Crippen LogP contribution in [0, 0.1) is 5.92 Å². The summed E-state index contributed by atoms with van der Waals surface area (Å²) < 4.78 is 26.3. The molecule has 2 rings (SSSR count). The quantitative estimate of drug-likeness (QED) is 0.721. The van der Waals surface area contributed by atoms with Gasteiger partial charge < -0.3 is 5.32 Å². The van der Waals surface area contributed by atoms with Crippen molar-refractivity contribution in [2.24, 2.45) is 5.92 Å². The maximum Gasteiger partial charge on any atom is 0.236 e. The van der Waals surface area contributed by atoms with Gasteiger partial charge >= 0.3 is 0 Å². The number of nitrogens with zero attached hydrogens (tertiary/aromatic N) is 1. The number of piperidine rings is 1. The molecule has 0 bridgehead atoms. The van der Waals surface area contributed by atoms with E-state index < -0.39 is 10.0 Å². The van der Waals surface area contributed by atoms with Crippen LogP contribution in [0.4, 0.5) is 0 Å². The van der Waals surface area contributed by atoms with Crippen LogP contribution in [0.15, 0.2) is 35.7 Å². The van der Waals surface area contributed by atoms with Gasteiger partial charge in [0.2, 0.25) is 15.9 Å². The molecule has 6 heteroatoms. The van der Waals surface area contributed by atoms with Gasteiger partial charge in [-0.15, -0.1) is 0 Å². The lowest BCUT2D eigenvalue weighted by Gasteiger charge is -2.29. The molecule has 1 amide bonds. The molecule has 1 aromatic carbocycles. The molecule has 0 aliphatic carbocycles. The molecule has 0 spiro atoms. The first kappa shape index (κ1) is 19.7. The minimum atomic E-state index is -3.43. The van der Waals surface area contributed by atoms with Crippen molar-refractivity contribution in [2.45, 2.75) is 39.0 Å². The average molecular weight is 365 g/mol. The molecule has 138 valence electrons. The molecule has 1 fully saturated rings. The van der Waals surface area contributed by atoms with Crippen LogP contribution in [-0.4, -0.2) is 38.3 Å². The first-order valence-corrected chi connectivity index (χ1v) is 10.5. The number of amides is 1. The molecule has 25 heavy (non-hydrogen) atoms. The molecule has 1 aliphatic rings. The lowest BCUT2D eigenvalue weighted by atomic mass is 9.97. The number of unbranched alkanes of at least 4 members (excludes halogenated alkanes) is 2. The molecule has 1 saturated heterocycles. The first-order chi connectivity index (χ1) is 12.0. The van der Waals surface area contributed by atoms with E-state index in [-0.39, 0.29) is 11.8 Å². The monoisotopic (exact) mass is 364 g/mol. The molecule has 1 heterocycles. The predicted molar refractivity (Wildman–Crippen MR) is 101 cm³/mol. The van der Waals surface area contributed by atoms with Gasteiger partial charge in [-0.25, -0.2) is 8.42 Å². The van der Waals surface area contributed by atoms with Crippen molar-refractivity contribution in [1.29, 1.82) is 0 Å². The maximum absolute atomic E-state index is 12.4. The number of benzene rings is 1. The topological polar surface area (TPSA) is 66.5 Å². The molecule has 5 nitrogen and oxygen atoms in total. The SMILES string of the molecule is CCCCCNC(=O)C1CCN(S(=O)(=O)/C=C/c2ccccc2)CC1. The molecule has 1 N–H and O–H groups in total. The minimum absolute atomic E-state index is 0.0629. The minimum Gasteiger partial charge on any atom is -0.356 e. The standard InChI is InChI=1S/C19H28N2O3S/c1-2-3-7-13-20-19(22)18-10-14-21(15-11-18)25(23,24)16-12-17-8-5-4-6-9-17/h4-6,8-9,12,16,18H,2-3,7,10-11,13-15H2,1H3,(H,20,22)/b16-12+. The highest BCUT2D eigenvalue weighted by atomic mass is 32.2. The summed E-state index contributed by atoms with van der Waals surface area (Å²) in [7, 11) is -3.43. The fourth-order valence-corrected chi connectivity index (χ4v) is 4.14. The van der Waals surface area contributed by atoms with Crippen molar-refractivity contribution in [2.75, 3.05) is 19.6 Å². The average Bonchev–Trinajstić information content (AvgIpc) is 2.64. The summed E-state index contributed by atoms with van der Waals surface area (Å²) >= 11 is 0. The molecule has 1 aliphatic heterocycles. The van der Waals surface area contributed by atoms with E-state index in [1.807, 2.05) is 30.3 Å². The second kappa shape index (κ2) is 9.73. The second-order valence-corrected chi connectivity index (χ2v) is 8.25. The van der Waals surface area contributed by atoms with Crippen LogP contribution in [0.25, 0.3) is 6.08 Å². The van der Waals surface area contributed by atoms with Crippen molar-refractivity contribution in [1.82, 2.24) is 9.62 Å². The summed E-state index contributed by atoms with van der Waals surface area (Å²) in [6.45, 7) is 3.64. The Hall–Kier alpha value is -1.66. The van der Waals surface area contributed by atoms with Gasteiger partial charge in [0.15, 0.2) is 0 Å². The molecule has 0 unspecified atom stereocenters. The summed E-state index contributed by atoms with van der Waals surface area (Å²) in [5, 5.41) is 4.22. The highest BCUT2D eigenvalue weighted by Crippen LogP contribution is 2.21. The number of rotatable bonds is 8. The Labute approximate surface area is 151 Å². The normalized spacial score (nSPS) is 17.0. The summed E-state index contributed by atoms with van der Waals surface area (Å²) in [5.74, 6) is -0.0147. The Balaban J connectivity index is 1.82. The van der Waals surface area contributed by atoms with Gasteiger partial charge in [-0.05, 0) is 30.9 Å². The van der Waals surface area contributed by atoms with Crippen LogP contribution in [0.5, 0.6) is 0 Å². The van der Waals surface area contributed by atoms with Crippen LogP contribution < -0.4 is 5.32 Å². The maximum atomic E-state index is 12.4. The largest absolute Gasteiger partial charge is 0.356 e. The number of hydrogen-bond donors (Lipinski definition) is 1. The van der Waals surface area contributed by atoms with E-state index in [1.165, 1.54) is 9.71 Å². The Morgan fingerprint density at radius 2 is 1.88 bits per heavy atom. The van der Waals surface area contributed by atoms with Crippen molar-refractivity contribution in [3.8, 4) is 0 Å². The van der Waals surface area contributed by atoms with Crippen molar-refractivity contribution in [3.05, 3.63) is 41.3 Å². The van der Waals surface area contributed by atoms with E-state index >= 15 is 0 Å². The molecule has 0 aromatic heterocycles. The van der Waals surface area contributed by atoms with Gasteiger partial charge in [0.25, 0.3) is 0 Å². The van der Waals surface area contributed by atoms with E-state index in [9.17, 15) is 13.2 Å². The summed E-state index contributed by atoms with van der Waals surface area (Å²) in [6.07, 6.45) is 6.02. The third-order valence-corrected chi connectivity index (χ3v) is 6.06.